The van der Waals surface area contributed by atoms with E-state index < -0.39 is 17.7 Å². The smallest absolute Gasteiger partial charge is 0.379 e. The first-order valence-electron chi connectivity index (χ1n) is 10.1. The van der Waals surface area contributed by atoms with Crippen LogP contribution in [-0.4, -0.2) is 24.7 Å². The van der Waals surface area contributed by atoms with Gasteiger partial charge < -0.3 is 13.9 Å². The van der Waals surface area contributed by atoms with E-state index in [1.54, 1.807) is 31.2 Å². The van der Waals surface area contributed by atoms with E-state index in [0.717, 1.165) is 6.42 Å². The van der Waals surface area contributed by atoms with Crippen molar-refractivity contribution >= 4 is 17.6 Å². The number of amides is 1. The standard InChI is InChI=1S/C24H21FN2O5/c1-14-21-18(26-27-23(28)17-6-3-4-8-19(17)30-2)7-5-9-20(21)32-22(14)24(29)31-16-12-10-15(25)11-13-16/h3-4,6,8,10-13H,5,7,9H2,1-2H3,(H,27,28)/b26-18+. The molecule has 3 aromatic rings. The quantitative estimate of drug-likeness (QED) is 0.363. The highest BCUT2D eigenvalue weighted by atomic mass is 19.1. The van der Waals surface area contributed by atoms with Gasteiger partial charge in [-0.1, -0.05) is 12.1 Å². The van der Waals surface area contributed by atoms with Crippen molar-refractivity contribution in [3.05, 3.63) is 82.6 Å². The van der Waals surface area contributed by atoms with Gasteiger partial charge in [0.05, 0.1) is 18.4 Å². The number of fused-ring (bicyclic) bond motifs is 1. The third-order valence-corrected chi connectivity index (χ3v) is 5.18. The monoisotopic (exact) mass is 436 g/mol. The van der Waals surface area contributed by atoms with E-state index in [9.17, 15) is 14.0 Å². The average molecular weight is 436 g/mol. The summed E-state index contributed by atoms with van der Waals surface area (Å²) in [6, 6.07) is 12.0. The number of hydrogen-bond acceptors (Lipinski definition) is 6. The van der Waals surface area contributed by atoms with Crippen LogP contribution in [0.15, 0.2) is 58.0 Å². The second kappa shape index (κ2) is 9.05. The van der Waals surface area contributed by atoms with Gasteiger partial charge in [-0.05, 0) is 56.2 Å². The number of nitrogens with zero attached hydrogens (tertiary/aromatic N) is 1. The van der Waals surface area contributed by atoms with Crippen molar-refractivity contribution in [1.82, 2.24) is 5.43 Å². The Labute approximate surface area is 183 Å². The van der Waals surface area contributed by atoms with Gasteiger partial charge in [0.1, 0.15) is 23.1 Å². The molecule has 1 aromatic heterocycles. The van der Waals surface area contributed by atoms with Crippen molar-refractivity contribution in [2.24, 2.45) is 5.10 Å². The van der Waals surface area contributed by atoms with E-state index in [-0.39, 0.29) is 11.5 Å². The molecule has 0 unspecified atom stereocenters. The van der Waals surface area contributed by atoms with Gasteiger partial charge in [-0.2, -0.15) is 5.10 Å². The molecular weight excluding hydrogens is 415 g/mol. The SMILES string of the molecule is COc1ccccc1C(=O)N/N=C1\CCCc2oc(C(=O)Oc3ccc(F)cc3)c(C)c21. The molecule has 8 heteroatoms. The minimum atomic E-state index is -0.680. The minimum absolute atomic E-state index is 0.0602. The fraction of sp³-hybridized carbons (Fsp3) is 0.208. The minimum Gasteiger partial charge on any atom is -0.496 e. The summed E-state index contributed by atoms with van der Waals surface area (Å²) in [7, 11) is 1.49. The zero-order chi connectivity index (χ0) is 22.7. The van der Waals surface area contributed by atoms with Gasteiger partial charge in [-0.25, -0.2) is 14.6 Å². The van der Waals surface area contributed by atoms with Crippen LogP contribution in [0.2, 0.25) is 0 Å². The topological polar surface area (TPSA) is 90.1 Å². The zero-order valence-electron chi connectivity index (χ0n) is 17.6. The fourth-order valence-corrected chi connectivity index (χ4v) is 3.64. The molecule has 0 aliphatic heterocycles. The van der Waals surface area contributed by atoms with Gasteiger partial charge in [-0.3, -0.25) is 4.79 Å². The number of carbonyl (C=O) groups excluding carboxylic acids is 2. The summed E-state index contributed by atoms with van der Waals surface area (Å²) in [6.45, 7) is 1.74. The molecule has 0 fully saturated rings. The lowest BCUT2D eigenvalue weighted by atomic mass is 9.93. The van der Waals surface area contributed by atoms with E-state index in [1.165, 1.54) is 31.4 Å². The number of aryl methyl sites for hydroxylation is 1. The van der Waals surface area contributed by atoms with Crippen LogP contribution in [0.3, 0.4) is 0 Å². The van der Waals surface area contributed by atoms with Gasteiger partial charge >= 0.3 is 5.97 Å². The predicted molar refractivity (Wildman–Crippen MR) is 115 cm³/mol. The van der Waals surface area contributed by atoms with E-state index in [4.69, 9.17) is 13.9 Å². The van der Waals surface area contributed by atoms with Crippen molar-refractivity contribution in [2.45, 2.75) is 26.2 Å². The number of hydrogen-bond donors (Lipinski definition) is 1. The first kappa shape index (κ1) is 21.3. The maximum atomic E-state index is 13.1. The molecule has 1 heterocycles. The number of hydrazone groups is 1. The third kappa shape index (κ3) is 4.25. The van der Waals surface area contributed by atoms with E-state index in [1.807, 2.05) is 0 Å². The number of ether oxygens (including phenoxy) is 2. The third-order valence-electron chi connectivity index (χ3n) is 5.18. The van der Waals surface area contributed by atoms with Crippen LogP contribution in [0.25, 0.3) is 0 Å². The molecule has 0 atom stereocenters. The Kier molecular flexibility index (Phi) is 6.02. The Hall–Kier alpha value is -3.94. The van der Waals surface area contributed by atoms with Crippen LogP contribution in [0.4, 0.5) is 4.39 Å². The van der Waals surface area contributed by atoms with Crippen LogP contribution in [0, 0.1) is 12.7 Å². The normalized spacial score (nSPS) is 14.0. The molecule has 0 saturated carbocycles. The summed E-state index contributed by atoms with van der Waals surface area (Å²) in [5, 5.41) is 4.31. The average Bonchev–Trinajstić information content (AvgIpc) is 3.16. The maximum absolute atomic E-state index is 13.1. The molecule has 0 bridgehead atoms. The molecule has 2 aromatic carbocycles. The second-order valence-corrected chi connectivity index (χ2v) is 7.25. The van der Waals surface area contributed by atoms with Crippen molar-refractivity contribution < 1.29 is 27.9 Å². The first-order chi connectivity index (χ1) is 15.5. The molecule has 0 saturated heterocycles. The molecule has 164 valence electrons. The molecule has 32 heavy (non-hydrogen) atoms. The lowest BCUT2D eigenvalue weighted by molar-refractivity contribution is 0.0698. The molecule has 1 aliphatic carbocycles. The Bertz CT molecular complexity index is 1200. The Morgan fingerprint density at radius 1 is 1.09 bits per heavy atom. The van der Waals surface area contributed by atoms with Crippen molar-refractivity contribution in [3.63, 3.8) is 0 Å². The summed E-state index contributed by atoms with van der Waals surface area (Å²) in [5.41, 5.74) is 4.83. The Morgan fingerprint density at radius 2 is 1.84 bits per heavy atom. The van der Waals surface area contributed by atoms with Gasteiger partial charge in [0.15, 0.2) is 0 Å². The molecule has 7 nitrogen and oxygen atoms in total. The highest BCUT2D eigenvalue weighted by molar-refractivity contribution is 6.07. The molecule has 1 N–H and O–H groups in total. The van der Waals surface area contributed by atoms with E-state index in [2.05, 4.69) is 10.5 Å². The Balaban J connectivity index is 1.57. The highest BCUT2D eigenvalue weighted by Crippen LogP contribution is 2.30. The highest BCUT2D eigenvalue weighted by Gasteiger charge is 2.29. The predicted octanol–water partition coefficient (Wildman–Crippen LogP) is 4.43. The van der Waals surface area contributed by atoms with E-state index >= 15 is 0 Å². The van der Waals surface area contributed by atoms with Crippen molar-refractivity contribution in [3.8, 4) is 11.5 Å². The van der Waals surface area contributed by atoms with Crippen LogP contribution >= 0.6 is 0 Å². The van der Waals surface area contributed by atoms with Crippen molar-refractivity contribution in [2.75, 3.05) is 7.11 Å². The van der Waals surface area contributed by atoms with Crippen LogP contribution in [-0.2, 0) is 6.42 Å². The van der Waals surface area contributed by atoms with Crippen LogP contribution < -0.4 is 14.9 Å². The van der Waals surface area contributed by atoms with Crippen LogP contribution in [0.1, 0.15) is 50.6 Å². The number of para-hydroxylation sites is 1. The number of halogens is 1. The van der Waals surface area contributed by atoms with E-state index in [0.29, 0.717) is 46.8 Å². The maximum Gasteiger partial charge on any atom is 0.379 e. The second-order valence-electron chi connectivity index (χ2n) is 7.25. The Morgan fingerprint density at radius 3 is 2.59 bits per heavy atom. The van der Waals surface area contributed by atoms with Gasteiger partial charge in [-0.15, -0.1) is 0 Å². The number of carbonyl (C=O) groups is 2. The molecule has 0 radical (unpaired) electrons. The largest absolute Gasteiger partial charge is 0.496 e. The summed E-state index contributed by atoms with van der Waals surface area (Å²) in [4.78, 5) is 25.2. The summed E-state index contributed by atoms with van der Waals surface area (Å²) >= 11 is 0. The molecule has 4 rings (SSSR count). The number of esters is 1. The van der Waals surface area contributed by atoms with Gasteiger partial charge in [0, 0.05) is 17.5 Å². The van der Waals surface area contributed by atoms with Gasteiger partial charge in [0.2, 0.25) is 5.76 Å². The number of benzene rings is 2. The summed E-state index contributed by atoms with van der Waals surface area (Å²) in [6.07, 6.45) is 2.02. The van der Waals surface area contributed by atoms with Crippen molar-refractivity contribution in [1.29, 1.82) is 0 Å². The molecule has 1 amide bonds. The lowest BCUT2D eigenvalue weighted by Crippen LogP contribution is -2.22. The number of nitrogens with one attached hydrogen (secondary N) is 1. The number of furan rings is 1. The lowest BCUT2D eigenvalue weighted by Gasteiger charge is -2.14. The zero-order valence-corrected chi connectivity index (χ0v) is 17.6. The van der Waals surface area contributed by atoms with Crippen LogP contribution in [0.5, 0.6) is 11.5 Å². The molecule has 1 aliphatic rings. The fourth-order valence-electron chi connectivity index (χ4n) is 3.64. The molecular formula is C24H21FN2O5. The molecule has 0 spiro atoms. The summed E-state index contributed by atoms with van der Waals surface area (Å²) < 4.78 is 29.4. The van der Waals surface area contributed by atoms with Gasteiger partial charge in [0.25, 0.3) is 5.91 Å². The number of rotatable bonds is 5. The number of methoxy groups -OCH3 is 1. The summed E-state index contributed by atoms with van der Waals surface area (Å²) in [5.74, 6) is -0.177. The first-order valence-corrected chi connectivity index (χ1v) is 10.1.